The van der Waals surface area contributed by atoms with Crippen molar-refractivity contribution in [1.29, 1.82) is 0 Å². The first-order chi connectivity index (χ1) is 17.2. The predicted octanol–water partition coefficient (Wildman–Crippen LogP) is 4.28. The first-order valence-electron chi connectivity index (χ1n) is 11.1. The number of carbonyl (C=O) groups is 3. The number of ketones is 1. The van der Waals surface area contributed by atoms with Crippen LogP contribution in [0.3, 0.4) is 0 Å². The molecule has 1 aliphatic heterocycles. The lowest BCUT2D eigenvalue weighted by atomic mass is 9.94. The van der Waals surface area contributed by atoms with Crippen molar-refractivity contribution in [2.45, 2.75) is 26.8 Å². The van der Waals surface area contributed by atoms with E-state index in [0.29, 0.717) is 28.1 Å². The van der Waals surface area contributed by atoms with Gasteiger partial charge in [0, 0.05) is 5.56 Å². The van der Waals surface area contributed by atoms with Crippen LogP contribution in [-0.2, 0) is 14.3 Å². The molecular formula is C26H24N2O7S. The van der Waals surface area contributed by atoms with Gasteiger partial charge in [-0.3, -0.25) is 14.5 Å². The van der Waals surface area contributed by atoms with Crippen molar-refractivity contribution in [2.75, 3.05) is 18.6 Å². The number of thiazole rings is 1. The van der Waals surface area contributed by atoms with Gasteiger partial charge in [0.1, 0.15) is 22.1 Å². The molecule has 1 aliphatic rings. The van der Waals surface area contributed by atoms with Crippen LogP contribution in [0.15, 0.2) is 48.0 Å². The Morgan fingerprint density at radius 2 is 1.83 bits per heavy atom. The van der Waals surface area contributed by atoms with Gasteiger partial charge in [-0.15, -0.1) is 0 Å². The molecule has 2 N–H and O–H groups in total. The number of methoxy groups -OCH3 is 1. The summed E-state index contributed by atoms with van der Waals surface area (Å²) in [6.45, 7) is 5.21. The van der Waals surface area contributed by atoms with Crippen molar-refractivity contribution in [3.8, 4) is 11.5 Å². The van der Waals surface area contributed by atoms with E-state index in [2.05, 4.69) is 4.98 Å². The molecular weight excluding hydrogens is 484 g/mol. The highest BCUT2D eigenvalue weighted by molar-refractivity contribution is 7.17. The van der Waals surface area contributed by atoms with Gasteiger partial charge in [-0.2, -0.15) is 0 Å². The molecule has 9 nitrogen and oxygen atoms in total. The lowest BCUT2D eigenvalue weighted by Gasteiger charge is -2.23. The Balaban J connectivity index is 1.92. The van der Waals surface area contributed by atoms with Crippen LogP contribution in [0.4, 0.5) is 5.13 Å². The number of phenols is 1. The van der Waals surface area contributed by atoms with Gasteiger partial charge in [0.2, 0.25) is 0 Å². The average Bonchev–Trinajstić information content (AvgIpc) is 3.36. The third kappa shape index (κ3) is 4.31. The van der Waals surface area contributed by atoms with E-state index in [1.807, 2.05) is 0 Å². The number of aryl methyl sites for hydroxylation is 2. The lowest BCUT2D eigenvalue weighted by Crippen LogP contribution is -2.29. The highest BCUT2D eigenvalue weighted by Crippen LogP contribution is 2.44. The average molecular weight is 509 g/mol. The van der Waals surface area contributed by atoms with Crippen LogP contribution in [0.1, 0.15) is 45.0 Å². The molecule has 0 aliphatic carbocycles. The lowest BCUT2D eigenvalue weighted by molar-refractivity contribution is -0.132. The number of aromatic hydroxyl groups is 1. The second kappa shape index (κ2) is 9.82. The first kappa shape index (κ1) is 24.9. The summed E-state index contributed by atoms with van der Waals surface area (Å²) in [7, 11) is 1.52. The summed E-state index contributed by atoms with van der Waals surface area (Å²) in [6, 6.07) is 9.86. The zero-order valence-electron chi connectivity index (χ0n) is 20.1. The van der Waals surface area contributed by atoms with E-state index < -0.39 is 23.7 Å². The molecule has 1 saturated heterocycles. The summed E-state index contributed by atoms with van der Waals surface area (Å²) >= 11 is 0.927. The number of carbonyl (C=O) groups excluding carboxylic acids is 3. The van der Waals surface area contributed by atoms with Crippen molar-refractivity contribution in [1.82, 2.24) is 4.98 Å². The molecule has 1 atom stereocenters. The normalized spacial score (nSPS) is 16.9. The van der Waals surface area contributed by atoms with E-state index in [1.165, 1.54) is 24.1 Å². The van der Waals surface area contributed by atoms with Gasteiger partial charge in [0.05, 0.1) is 31.0 Å². The number of ether oxygens (including phenoxy) is 2. The van der Waals surface area contributed by atoms with Gasteiger partial charge in [0.25, 0.3) is 5.78 Å². The van der Waals surface area contributed by atoms with Crippen LogP contribution in [0.25, 0.3) is 5.76 Å². The van der Waals surface area contributed by atoms with Crippen molar-refractivity contribution in [3.63, 3.8) is 0 Å². The molecule has 0 bridgehead atoms. The second-order valence-corrected chi connectivity index (χ2v) is 9.05. The summed E-state index contributed by atoms with van der Waals surface area (Å²) in [6.07, 6.45) is 0. The Hall–Kier alpha value is -4.18. The predicted molar refractivity (Wildman–Crippen MR) is 133 cm³/mol. The first-order valence-corrected chi connectivity index (χ1v) is 11.9. The smallest absolute Gasteiger partial charge is 0.350 e. The van der Waals surface area contributed by atoms with Crippen LogP contribution in [0, 0.1) is 13.8 Å². The third-order valence-corrected chi connectivity index (χ3v) is 6.93. The van der Waals surface area contributed by atoms with Gasteiger partial charge in [-0.05, 0) is 62.2 Å². The number of rotatable bonds is 6. The molecule has 1 amide bonds. The molecule has 0 radical (unpaired) electrons. The summed E-state index contributed by atoms with van der Waals surface area (Å²) < 4.78 is 10.3. The van der Waals surface area contributed by atoms with Gasteiger partial charge in [-0.1, -0.05) is 23.5 Å². The topological polar surface area (TPSA) is 126 Å². The minimum Gasteiger partial charge on any atom is -0.508 e. The highest BCUT2D eigenvalue weighted by Gasteiger charge is 2.48. The van der Waals surface area contributed by atoms with Crippen molar-refractivity contribution in [2.24, 2.45) is 0 Å². The molecule has 4 rings (SSSR count). The van der Waals surface area contributed by atoms with E-state index in [4.69, 9.17) is 9.47 Å². The van der Waals surface area contributed by atoms with Crippen molar-refractivity contribution in [3.05, 3.63) is 75.3 Å². The molecule has 186 valence electrons. The summed E-state index contributed by atoms with van der Waals surface area (Å²) in [5.41, 5.74) is 1.68. The molecule has 1 unspecified atom stereocenters. The summed E-state index contributed by atoms with van der Waals surface area (Å²) in [5, 5.41) is 21.2. The van der Waals surface area contributed by atoms with E-state index >= 15 is 0 Å². The maximum Gasteiger partial charge on any atom is 0.350 e. The standard InChI is InChI=1S/C26H24N2O7S/c1-5-35-25(33)23-14(3)27-26(36-23)28-20(15-6-8-16(29)9-7-15)19(22(31)24(28)32)21(30)18-11-10-17(34-4)12-13(18)2/h6-12,20,29-30H,5H2,1-4H3/b21-19+. The van der Waals surface area contributed by atoms with E-state index in [1.54, 1.807) is 51.1 Å². The fourth-order valence-corrected chi connectivity index (χ4v) is 5.03. The van der Waals surface area contributed by atoms with E-state index in [0.717, 1.165) is 11.3 Å². The van der Waals surface area contributed by atoms with Gasteiger partial charge < -0.3 is 19.7 Å². The number of aliphatic hydroxyl groups is 1. The van der Waals surface area contributed by atoms with E-state index in [9.17, 15) is 24.6 Å². The van der Waals surface area contributed by atoms with E-state index in [-0.39, 0.29) is 33.7 Å². The Morgan fingerprint density at radius 1 is 1.14 bits per heavy atom. The van der Waals surface area contributed by atoms with Crippen LogP contribution < -0.4 is 9.64 Å². The van der Waals surface area contributed by atoms with Gasteiger partial charge in [-0.25, -0.2) is 9.78 Å². The largest absolute Gasteiger partial charge is 0.508 e. The molecule has 1 fully saturated rings. The number of phenolic OH excluding ortho intramolecular Hbond substituents is 1. The van der Waals surface area contributed by atoms with Crippen LogP contribution in [0.5, 0.6) is 11.5 Å². The Morgan fingerprint density at radius 3 is 2.44 bits per heavy atom. The summed E-state index contributed by atoms with van der Waals surface area (Å²) in [5.74, 6) is -2.16. The van der Waals surface area contributed by atoms with Crippen LogP contribution in [0.2, 0.25) is 0 Å². The van der Waals surface area contributed by atoms with Gasteiger partial charge >= 0.3 is 11.9 Å². The number of Topliss-reactive ketones (excluding diaryl/α,β-unsaturated/α-hetero) is 1. The number of hydrogen-bond donors (Lipinski definition) is 2. The minimum absolute atomic E-state index is 0.00334. The zero-order valence-corrected chi connectivity index (χ0v) is 20.9. The molecule has 0 saturated carbocycles. The fraction of sp³-hybridized carbons (Fsp3) is 0.231. The molecule has 3 aromatic rings. The third-order valence-electron chi connectivity index (χ3n) is 5.79. The monoisotopic (exact) mass is 508 g/mol. The maximum absolute atomic E-state index is 13.3. The number of anilines is 1. The Bertz CT molecular complexity index is 1390. The number of benzene rings is 2. The van der Waals surface area contributed by atoms with Crippen LogP contribution in [-0.4, -0.2) is 46.6 Å². The maximum atomic E-state index is 13.3. The number of aromatic nitrogens is 1. The molecule has 10 heteroatoms. The fourth-order valence-electron chi connectivity index (χ4n) is 4.05. The highest BCUT2D eigenvalue weighted by atomic mass is 32.1. The quantitative estimate of drug-likeness (QED) is 0.219. The number of amides is 1. The molecule has 2 heterocycles. The second-order valence-electron chi connectivity index (χ2n) is 8.07. The molecule has 2 aromatic carbocycles. The van der Waals surface area contributed by atoms with Crippen molar-refractivity contribution < 1.29 is 34.1 Å². The Kier molecular flexibility index (Phi) is 6.80. The number of nitrogens with zero attached hydrogens (tertiary/aromatic N) is 2. The molecule has 1 aromatic heterocycles. The Labute approximate surface area is 211 Å². The number of hydrogen-bond acceptors (Lipinski definition) is 9. The molecule has 36 heavy (non-hydrogen) atoms. The number of esters is 1. The SMILES string of the molecule is CCOC(=O)c1sc(N2C(=O)C(=O)/C(=C(/O)c3ccc(OC)cc3C)C2c2ccc(O)cc2)nc1C. The number of aliphatic hydroxyl groups excluding tert-OH is 1. The minimum atomic E-state index is -1.05. The van der Waals surface area contributed by atoms with Gasteiger partial charge in [0.15, 0.2) is 5.13 Å². The van der Waals surface area contributed by atoms with Crippen molar-refractivity contribution >= 4 is 39.9 Å². The van der Waals surface area contributed by atoms with Crippen LogP contribution >= 0.6 is 11.3 Å². The summed E-state index contributed by atoms with van der Waals surface area (Å²) in [4.78, 5) is 44.8. The molecule has 0 spiro atoms. The zero-order chi connectivity index (χ0) is 26.1.